The van der Waals surface area contributed by atoms with E-state index < -0.39 is 24.2 Å². The van der Waals surface area contributed by atoms with Crippen LogP contribution in [-0.4, -0.2) is 17.9 Å². The van der Waals surface area contributed by atoms with Crippen molar-refractivity contribution in [3.63, 3.8) is 0 Å². The summed E-state index contributed by atoms with van der Waals surface area (Å²) in [5.41, 5.74) is 2.08. The first-order valence-electron chi connectivity index (χ1n) is 6.36. The number of rotatable bonds is 5. The second-order valence-electron chi connectivity index (χ2n) is 4.58. The van der Waals surface area contributed by atoms with Crippen LogP contribution in [0, 0.1) is 6.92 Å². The maximum atomic E-state index is 11.1. The summed E-state index contributed by atoms with van der Waals surface area (Å²) in [5, 5.41) is 0. The lowest BCUT2D eigenvalue weighted by Gasteiger charge is -2.18. The molecule has 6 nitrogen and oxygen atoms in total. The zero-order valence-electron chi connectivity index (χ0n) is 12.5. The molecule has 0 spiro atoms. The minimum absolute atomic E-state index is 0.0941. The molecule has 0 N–H and O–H groups in total. The zero-order valence-corrected chi connectivity index (χ0v) is 12.5. The number of hydrogen-bond acceptors (Lipinski definition) is 6. The van der Waals surface area contributed by atoms with E-state index in [2.05, 4.69) is 0 Å². The van der Waals surface area contributed by atoms with Gasteiger partial charge >= 0.3 is 17.9 Å². The number of carbonyl (C=O) groups excluding carboxylic acids is 3. The monoisotopic (exact) mass is 294 g/mol. The van der Waals surface area contributed by atoms with Gasteiger partial charge in [0.2, 0.25) is 0 Å². The van der Waals surface area contributed by atoms with Crippen LogP contribution in [-0.2, 0) is 35.2 Å². The Morgan fingerprint density at radius 1 is 0.952 bits per heavy atom. The Morgan fingerprint density at radius 3 is 2.00 bits per heavy atom. The Morgan fingerprint density at radius 2 is 1.52 bits per heavy atom. The first kappa shape index (κ1) is 16.7. The number of aryl methyl sites for hydroxylation is 1. The summed E-state index contributed by atoms with van der Waals surface area (Å²) in [4.78, 5) is 33.1. The molecule has 0 radical (unpaired) electrons. The standard InChI is InChI=1S/C15H18O6/c1-9-5-13(8-19-10(2)16)7-14(6-9)15(20-11(3)17)21-12(4)18/h5-7,15H,8H2,1-4H3. The molecule has 0 saturated carbocycles. The Balaban J connectivity index is 3.03. The second-order valence-corrected chi connectivity index (χ2v) is 4.58. The van der Waals surface area contributed by atoms with Crippen molar-refractivity contribution in [3.8, 4) is 0 Å². The molecule has 0 amide bonds. The van der Waals surface area contributed by atoms with E-state index in [1.807, 2.05) is 13.0 Å². The third-order valence-electron chi connectivity index (χ3n) is 2.42. The summed E-state index contributed by atoms with van der Waals surface area (Å²) >= 11 is 0. The van der Waals surface area contributed by atoms with Gasteiger partial charge in [-0.2, -0.15) is 0 Å². The van der Waals surface area contributed by atoms with E-state index in [9.17, 15) is 14.4 Å². The van der Waals surface area contributed by atoms with Gasteiger partial charge in [0.25, 0.3) is 6.29 Å². The highest BCUT2D eigenvalue weighted by Gasteiger charge is 2.19. The highest BCUT2D eigenvalue weighted by Crippen LogP contribution is 2.23. The molecule has 0 heterocycles. The molecule has 1 aromatic carbocycles. The summed E-state index contributed by atoms with van der Waals surface area (Å²) in [6.07, 6.45) is -1.11. The van der Waals surface area contributed by atoms with Crippen LogP contribution in [0.15, 0.2) is 18.2 Å². The van der Waals surface area contributed by atoms with Crippen LogP contribution in [0.1, 0.15) is 43.8 Å². The number of hydrogen-bond donors (Lipinski definition) is 0. The Kier molecular flexibility index (Phi) is 5.90. The number of carbonyl (C=O) groups is 3. The molecule has 0 aliphatic rings. The van der Waals surface area contributed by atoms with Crippen molar-refractivity contribution >= 4 is 17.9 Å². The quantitative estimate of drug-likeness (QED) is 0.612. The zero-order chi connectivity index (χ0) is 16.0. The third-order valence-corrected chi connectivity index (χ3v) is 2.42. The first-order chi connectivity index (χ1) is 9.77. The predicted octanol–water partition coefficient (Wildman–Crippen LogP) is 2.18. The van der Waals surface area contributed by atoms with E-state index in [0.29, 0.717) is 11.1 Å². The summed E-state index contributed by atoms with van der Waals surface area (Å²) in [7, 11) is 0. The predicted molar refractivity (Wildman–Crippen MR) is 72.9 cm³/mol. The molecule has 0 aromatic heterocycles. The second kappa shape index (κ2) is 7.42. The van der Waals surface area contributed by atoms with E-state index in [1.165, 1.54) is 20.8 Å². The molecule has 1 rings (SSSR count). The lowest BCUT2D eigenvalue weighted by atomic mass is 10.1. The third kappa shape index (κ3) is 6.07. The molecule has 0 fully saturated rings. The molecule has 0 saturated heterocycles. The minimum atomic E-state index is -1.11. The lowest BCUT2D eigenvalue weighted by molar-refractivity contribution is -0.186. The van der Waals surface area contributed by atoms with Gasteiger partial charge in [-0.25, -0.2) is 0 Å². The van der Waals surface area contributed by atoms with E-state index in [1.54, 1.807) is 12.1 Å². The largest absolute Gasteiger partial charge is 0.461 e. The van der Waals surface area contributed by atoms with Gasteiger partial charge in [-0.1, -0.05) is 11.6 Å². The molecule has 0 aliphatic heterocycles. The van der Waals surface area contributed by atoms with Crippen LogP contribution < -0.4 is 0 Å². The van der Waals surface area contributed by atoms with E-state index >= 15 is 0 Å². The van der Waals surface area contributed by atoms with Crippen LogP contribution in [0.2, 0.25) is 0 Å². The van der Waals surface area contributed by atoms with Crippen molar-refractivity contribution in [1.82, 2.24) is 0 Å². The normalized spacial score (nSPS) is 10.1. The average molecular weight is 294 g/mol. The topological polar surface area (TPSA) is 78.9 Å². The maximum absolute atomic E-state index is 11.1. The summed E-state index contributed by atoms with van der Waals surface area (Å²) in [6, 6.07) is 5.21. The molecular formula is C15H18O6. The summed E-state index contributed by atoms with van der Waals surface area (Å²) < 4.78 is 14.9. The Hall–Kier alpha value is -2.37. The van der Waals surface area contributed by atoms with Gasteiger partial charge in [-0.3, -0.25) is 14.4 Å². The molecule has 21 heavy (non-hydrogen) atoms. The SMILES string of the molecule is CC(=O)OCc1cc(C)cc(C(OC(C)=O)OC(C)=O)c1. The summed E-state index contributed by atoms with van der Waals surface area (Å²) in [6.45, 7) is 5.70. The van der Waals surface area contributed by atoms with Crippen molar-refractivity contribution in [2.45, 2.75) is 40.6 Å². The van der Waals surface area contributed by atoms with Crippen LogP contribution in [0.5, 0.6) is 0 Å². The Bertz CT molecular complexity index is 533. The van der Waals surface area contributed by atoms with E-state index in [-0.39, 0.29) is 6.61 Å². The van der Waals surface area contributed by atoms with Gasteiger partial charge in [0, 0.05) is 26.3 Å². The number of ether oxygens (including phenoxy) is 3. The van der Waals surface area contributed by atoms with Gasteiger partial charge in [0.05, 0.1) is 0 Å². The van der Waals surface area contributed by atoms with Crippen molar-refractivity contribution in [1.29, 1.82) is 0 Å². The van der Waals surface area contributed by atoms with Gasteiger partial charge < -0.3 is 14.2 Å². The molecule has 0 atom stereocenters. The van der Waals surface area contributed by atoms with Gasteiger partial charge in [-0.15, -0.1) is 0 Å². The fourth-order valence-corrected chi connectivity index (χ4v) is 1.76. The molecule has 0 unspecified atom stereocenters. The van der Waals surface area contributed by atoms with Crippen LogP contribution >= 0.6 is 0 Å². The highest BCUT2D eigenvalue weighted by atomic mass is 16.7. The Labute approximate surface area is 123 Å². The van der Waals surface area contributed by atoms with Crippen LogP contribution in [0.25, 0.3) is 0 Å². The maximum Gasteiger partial charge on any atom is 0.305 e. The van der Waals surface area contributed by atoms with Crippen LogP contribution in [0.4, 0.5) is 0 Å². The number of benzene rings is 1. The van der Waals surface area contributed by atoms with Crippen molar-refractivity contribution in [3.05, 3.63) is 34.9 Å². The molecule has 6 heteroatoms. The van der Waals surface area contributed by atoms with Crippen LogP contribution in [0.3, 0.4) is 0 Å². The van der Waals surface area contributed by atoms with Crippen molar-refractivity contribution in [2.75, 3.05) is 0 Å². The van der Waals surface area contributed by atoms with E-state index in [4.69, 9.17) is 14.2 Å². The van der Waals surface area contributed by atoms with E-state index in [0.717, 1.165) is 5.56 Å². The molecule has 0 bridgehead atoms. The highest BCUT2D eigenvalue weighted by molar-refractivity contribution is 5.68. The lowest BCUT2D eigenvalue weighted by Crippen LogP contribution is -2.15. The molecular weight excluding hydrogens is 276 g/mol. The van der Waals surface area contributed by atoms with Gasteiger partial charge in [-0.05, 0) is 24.6 Å². The van der Waals surface area contributed by atoms with Gasteiger partial charge in [0.1, 0.15) is 6.61 Å². The average Bonchev–Trinajstić information content (AvgIpc) is 2.33. The fraction of sp³-hybridized carbons (Fsp3) is 0.400. The smallest absolute Gasteiger partial charge is 0.305 e. The molecule has 114 valence electrons. The molecule has 0 aliphatic carbocycles. The van der Waals surface area contributed by atoms with Crippen molar-refractivity contribution in [2.24, 2.45) is 0 Å². The van der Waals surface area contributed by atoms with Crippen molar-refractivity contribution < 1.29 is 28.6 Å². The summed E-state index contributed by atoms with van der Waals surface area (Å²) in [5.74, 6) is -1.52. The minimum Gasteiger partial charge on any atom is -0.461 e. The first-order valence-corrected chi connectivity index (χ1v) is 6.36. The number of esters is 3. The van der Waals surface area contributed by atoms with Gasteiger partial charge in [0.15, 0.2) is 0 Å². The fourth-order valence-electron chi connectivity index (χ4n) is 1.76. The molecule has 1 aromatic rings.